The molecule has 0 spiro atoms. The first kappa shape index (κ1) is 10.7. The maximum atomic E-state index is 5.42. The van der Waals surface area contributed by atoms with Crippen LogP contribution in [-0.2, 0) is 11.4 Å². The van der Waals surface area contributed by atoms with Gasteiger partial charge < -0.3 is 14.3 Å². The fraction of sp³-hybridized carbons (Fsp3) is 0.400. The van der Waals surface area contributed by atoms with Gasteiger partial charge in [-0.05, 0) is 18.6 Å². The molecule has 1 heterocycles. The van der Waals surface area contributed by atoms with Crippen LogP contribution in [0.1, 0.15) is 11.1 Å². The van der Waals surface area contributed by atoms with Crippen molar-refractivity contribution in [1.29, 1.82) is 0 Å². The maximum absolute atomic E-state index is 5.42. The van der Waals surface area contributed by atoms with Crippen LogP contribution in [0, 0.1) is 6.92 Å². The standard InChI is InChI=1S/C10H12BrNO3/c1-6-7(4-12-13-2)10-9(3-8(6)11)14-5-15-10/h3,12H,4-5H2,1-2H3. The highest BCUT2D eigenvalue weighted by molar-refractivity contribution is 9.10. The Bertz CT molecular complexity index is 381. The van der Waals surface area contributed by atoms with Crippen molar-refractivity contribution in [1.82, 2.24) is 5.48 Å². The first-order chi connectivity index (χ1) is 7.24. The molecular weight excluding hydrogens is 262 g/mol. The minimum Gasteiger partial charge on any atom is -0.454 e. The molecule has 1 aromatic rings. The lowest BCUT2D eigenvalue weighted by molar-refractivity contribution is 0.0856. The molecule has 1 aromatic carbocycles. The lowest BCUT2D eigenvalue weighted by Crippen LogP contribution is -2.12. The van der Waals surface area contributed by atoms with Gasteiger partial charge in [-0.15, -0.1) is 0 Å². The zero-order valence-corrected chi connectivity index (χ0v) is 10.2. The molecule has 0 fully saturated rings. The summed E-state index contributed by atoms with van der Waals surface area (Å²) in [4.78, 5) is 4.84. The van der Waals surface area contributed by atoms with Gasteiger partial charge in [0.2, 0.25) is 6.79 Å². The lowest BCUT2D eigenvalue weighted by Gasteiger charge is -2.11. The summed E-state index contributed by atoms with van der Waals surface area (Å²) in [5.74, 6) is 1.58. The van der Waals surface area contributed by atoms with Gasteiger partial charge in [-0.2, -0.15) is 5.48 Å². The van der Waals surface area contributed by atoms with Gasteiger partial charge in [-0.1, -0.05) is 15.9 Å². The number of halogens is 1. The van der Waals surface area contributed by atoms with E-state index in [1.165, 1.54) is 0 Å². The summed E-state index contributed by atoms with van der Waals surface area (Å²) in [5.41, 5.74) is 4.99. The Morgan fingerprint density at radius 2 is 2.33 bits per heavy atom. The molecule has 5 heteroatoms. The molecule has 1 N–H and O–H groups in total. The molecule has 0 saturated carbocycles. The fourth-order valence-electron chi connectivity index (χ4n) is 1.53. The highest BCUT2D eigenvalue weighted by atomic mass is 79.9. The smallest absolute Gasteiger partial charge is 0.231 e. The van der Waals surface area contributed by atoms with Gasteiger partial charge in [0.15, 0.2) is 11.5 Å². The Morgan fingerprint density at radius 3 is 3.07 bits per heavy atom. The van der Waals surface area contributed by atoms with Crippen molar-refractivity contribution in [2.45, 2.75) is 13.5 Å². The number of benzene rings is 1. The van der Waals surface area contributed by atoms with Crippen molar-refractivity contribution < 1.29 is 14.3 Å². The van der Waals surface area contributed by atoms with Gasteiger partial charge in [0.25, 0.3) is 0 Å². The molecule has 1 aliphatic rings. The summed E-state index contributed by atoms with van der Waals surface area (Å²) >= 11 is 3.49. The number of hydrogen-bond acceptors (Lipinski definition) is 4. The molecule has 0 aromatic heterocycles. The van der Waals surface area contributed by atoms with Crippen LogP contribution in [0.4, 0.5) is 0 Å². The highest BCUT2D eigenvalue weighted by Gasteiger charge is 2.21. The summed E-state index contributed by atoms with van der Waals surface area (Å²) < 4.78 is 11.8. The summed E-state index contributed by atoms with van der Waals surface area (Å²) in [6.45, 7) is 2.90. The van der Waals surface area contributed by atoms with Gasteiger partial charge in [-0.3, -0.25) is 0 Å². The number of rotatable bonds is 3. The molecule has 0 unspecified atom stereocenters. The third-order valence-corrected chi connectivity index (χ3v) is 3.20. The van der Waals surface area contributed by atoms with E-state index in [0.29, 0.717) is 6.54 Å². The van der Waals surface area contributed by atoms with Crippen LogP contribution in [-0.4, -0.2) is 13.9 Å². The van der Waals surface area contributed by atoms with E-state index in [1.54, 1.807) is 7.11 Å². The van der Waals surface area contributed by atoms with Gasteiger partial charge >= 0.3 is 0 Å². The monoisotopic (exact) mass is 273 g/mol. The summed E-state index contributed by atoms with van der Waals surface area (Å²) in [6, 6.07) is 1.92. The van der Waals surface area contributed by atoms with Crippen molar-refractivity contribution in [3.05, 3.63) is 21.7 Å². The van der Waals surface area contributed by atoms with Crippen LogP contribution >= 0.6 is 15.9 Å². The normalized spacial score (nSPS) is 13.3. The van der Waals surface area contributed by atoms with E-state index in [-0.39, 0.29) is 6.79 Å². The average Bonchev–Trinajstić information content (AvgIpc) is 2.66. The van der Waals surface area contributed by atoms with Crippen LogP contribution in [0.5, 0.6) is 11.5 Å². The third-order valence-electron chi connectivity index (χ3n) is 2.38. The van der Waals surface area contributed by atoms with Crippen LogP contribution in [0.15, 0.2) is 10.5 Å². The van der Waals surface area contributed by atoms with Crippen LogP contribution in [0.3, 0.4) is 0 Å². The van der Waals surface area contributed by atoms with Crippen LogP contribution in [0.25, 0.3) is 0 Å². The molecule has 2 rings (SSSR count). The molecule has 0 radical (unpaired) electrons. The molecular formula is C10H12BrNO3. The van der Waals surface area contributed by atoms with Crippen molar-refractivity contribution >= 4 is 15.9 Å². The van der Waals surface area contributed by atoms with Crippen molar-refractivity contribution in [2.75, 3.05) is 13.9 Å². The summed E-state index contributed by atoms with van der Waals surface area (Å²) in [6.07, 6.45) is 0. The number of fused-ring (bicyclic) bond motifs is 1. The molecule has 15 heavy (non-hydrogen) atoms. The van der Waals surface area contributed by atoms with E-state index >= 15 is 0 Å². The Balaban J connectivity index is 2.41. The second-order valence-electron chi connectivity index (χ2n) is 3.22. The molecule has 0 atom stereocenters. The van der Waals surface area contributed by atoms with E-state index in [2.05, 4.69) is 21.4 Å². The number of hydroxylamine groups is 1. The summed E-state index contributed by atoms with van der Waals surface area (Å²) in [5, 5.41) is 0. The quantitative estimate of drug-likeness (QED) is 0.857. The predicted molar refractivity (Wildman–Crippen MR) is 58.9 cm³/mol. The van der Waals surface area contributed by atoms with Gasteiger partial charge in [0.05, 0.1) is 13.7 Å². The number of hydrogen-bond donors (Lipinski definition) is 1. The highest BCUT2D eigenvalue weighted by Crippen LogP contribution is 2.40. The Kier molecular flexibility index (Phi) is 3.14. The van der Waals surface area contributed by atoms with E-state index in [9.17, 15) is 0 Å². The zero-order chi connectivity index (χ0) is 10.8. The van der Waals surface area contributed by atoms with Gasteiger partial charge in [-0.25, -0.2) is 0 Å². The second kappa shape index (κ2) is 4.38. The Hall–Kier alpha value is -0.780. The minimum atomic E-state index is 0.283. The average molecular weight is 274 g/mol. The number of nitrogens with one attached hydrogen (secondary N) is 1. The molecule has 0 aliphatic carbocycles. The van der Waals surface area contributed by atoms with Crippen molar-refractivity contribution in [3.63, 3.8) is 0 Å². The molecule has 82 valence electrons. The summed E-state index contributed by atoms with van der Waals surface area (Å²) in [7, 11) is 1.59. The maximum Gasteiger partial charge on any atom is 0.231 e. The first-order valence-electron chi connectivity index (χ1n) is 4.57. The molecule has 0 bridgehead atoms. The van der Waals surface area contributed by atoms with Gasteiger partial charge in [0.1, 0.15) is 0 Å². The molecule has 4 nitrogen and oxygen atoms in total. The SMILES string of the molecule is CONCc1c(C)c(Br)cc2c1OCO2. The Labute approximate surface area is 96.6 Å². The number of ether oxygens (including phenoxy) is 2. The Morgan fingerprint density at radius 1 is 1.53 bits per heavy atom. The minimum absolute atomic E-state index is 0.283. The van der Waals surface area contributed by atoms with Crippen LogP contribution in [0.2, 0.25) is 0 Å². The molecule has 0 amide bonds. The van der Waals surface area contributed by atoms with E-state index in [4.69, 9.17) is 14.3 Å². The van der Waals surface area contributed by atoms with Crippen molar-refractivity contribution in [2.24, 2.45) is 0 Å². The molecule has 0 saturated heterocycles. The van der Waals surface area contributed by atoms with Crippen molar-refractivity contribution in [3.8, 4) is 11.5 Å². The van der Waals surface area contributed by atoms with E-state index < -0.39 is 0 Å². The lowest BCUT2D eigenvalue weighted by atomic mass is 10.1. The van der Waals surface area contributed by atoms with E-state index in [1.807, 2.05) is 13.0 Å². The largest absolute Gasteiger partial charge is 0.454 e. The first-order valence-corrected chi connectivity index (χ1v) is 5.36. The fourth-order valence-corrected chi connectivity index (χ4v) is 1.97. The zero-order valence-electron chi connectivity index (χ0n) is 8.59. The third kappa shape index (κ3) is 1.95. The second-order valence-corrected chi connectivity index (χ2v) is 4.08. The van der Waals surface area contributed by atoms with Gasteiger partial charge in [0, 0.05) is 10.0 Å². The predicted octanol–water partition coefficient (Wildman–Crippen LogP) is 2.14. The van der Waals surface area contributed by atoms with E-state index in [0.717, 1.165) is 27.1 Å². The topological polar surface area (TPSA) is 39.7 Å². The van der Waals surface area contributed by atoms with Crippen LogP contribution < -0.4 is 15.0 Å². The molecule has 1 aliphatic heterocycles.